The zero-order valence-electron chi connectivity index (χ0n) is 16.2. The molecule has 0 aliphatic carbocycles. The lowest BCUT2D eigenvalue weighted by atomic mass is 10.1. The van der Waals surface area contributed by atoms with Crippen molar-refractivity contribution in [1.82, 2.24) is 5.32 Å². The summed E-state index contributed by atoms with van der Waals surface area (Å²) in [6.07, 6.45) is 2.08. The Morgan fingerprint density at radius 2 is 1.85 bits per heavy atom. The van der Waals surface area contributed by atoms with Crippen molar-refractivity contribution in [1.29, 1.82) is 0 Å². The summed E-state index contributed by atoms with van der Waals surface area (Å²) in [5, 5.41) is 3.01. The number of nitrogens with two attached hydrogens (primary N) is 1. The van der Waals surface area contributed by atoms with Gasteiger partial charge in [-0.05, 0) is 48.7 Å². The SMILES string of the molecule is CCCCOc1ccc(C(C)NC(=O)c2ccc(CN)cc2)cc1OC.Cl. The average molecular weight is 393 g/mol. The number of rotatable bonds is 9. The molecule has 0 fully saturated rings. The third-order valence-corrected chi connectivity index (χ3v) is 4.24. The van der Waals surface area contributed by atoms with Gasteiger partial charge in [-0.25, -0.2) is 0 Å². The Kier molecular flexibility index (Phi) is 9.68. The van der Waals surface area contributed by atoms with Crippen LogP contribution in [0.5, 0.6) is 11.5 Å². The number of unbranched alkanes of at least 4 members (excludes halogenated alkanes) is 1. The van der Waals surface area contributed by atoms with Crippen LogP contribution in [0.2, 0.25) is 0 Å². The minimum Gasteiger partial charge on any atom is -0.493 e. The number of nitrogens with one attached hydrogen (secondary N) is 1. The number of amides is 1. The molecule has 3 N–H and O–H groups in total. The highest BCUT2D eigenvalue weighted by Crippen LogP contribution is 2.30. The molecule has 2 rings (SSSR count). The first-order valence-electron chi connectivity index (χ1n) is 8.99. The Bertz CT molecular complexity index is 720. The highest BCUT2D eigenvalue weighted by molar-refractivity contribution is 5.94. The largest absolute Gasteiger partial charge is 0.493 e. The highest BCUT2D eigenvalue weighted by Gasteiger charge is 2.14. The van der Waals surface area contributed by atoms with E-state index in [1.807, 2.05) is 37.3 Å². The van der Waals surface area contributed by atoms with Gasteiger partial charge >= 0.3 is 0 Å². The van der Waals surface area contributed by atoms with Gasteiger partial charge in [-0.2, -0.15) is 0 Å². The lowest BCUT2D eigenvalue weighted by molar-refractivity contribution is 0.0940. The smallest absolute Gasteiger partial charge is 0.251 e. The van der Waals surface area contributed by atoms with Crippen molar-refractivity contribution < 1.29 is 14.3 Å². The summed E-state index contributed by atoms with van der Waals surface area (Å²) < 4.78 is 11.2. The minimum absolute atomic E-state index is 0. The lowest BCUT2D eigenvalue weighted by Crippen LogP contribution is -2.26. The Hall–Kier alpha value is -2.24. The van der Waals surface area contributed by atoms with E-state index in [0.29, 0.717) is 24.5 Å². The number of hydrogen-bond acceptors (Lipinski definition) is 4. The maximum atomic E-state index is 12.4. The van der Waals surface area contributed by atoms with Crippen LogP contribution < -0.4 is 20.5 Å². The summed E-state index contributed by atoms with van der Waals surface area (Å²) >= 11 is 0. The van der Waals surface area contributed by atoms with Crippen LogP contribution in [0.15, 0.2) is 42.5 Å². The molecule has 2 aromatic rings. The van der Waals surface area contributed by atoms with E-state index in [9.17, 15) is 4.79 Å². The Labute approximate surface area is 167 Å². The molecule has 0 aliphatic rings. The first-order valence-corrected chi connectivity index (χ1v) is 8.99. The van der Waals surface area contributed by atoms with E-state index < -0.39 is 0 Å². The van der Waals surface area contributed by atoms with E-state index >= 15 is 0 Å². The molecular weight excluding hydrogens is 364 g/mol. The van der Waals surface area contributed by atoms with Crippen molar-refractivity contribution in [2.24, 2.45) is 5.73 Å². The highest BCUT2D eigenvalue weighted by atomic mass is 35.5. The molecule has 1 amide bonds. The van der Waals surface area contributed by atoms with Crippen LogP contribution in [0.4, 0.5) is 0 Å². The number of carbonyl (C=O) groups excluding carboxylic acids is 1. The number of hydrogen-bond donors (Lipinski definition) is 2. The van der Waals surface area contributed by atoms with E-state index in [0.717, 1.165) is 29.7 Å². The summed E-state index contributed by atoms with van der Waals surface area (Å²) in [5.74, 6) is 1.27. The van der Waals surface area contributed by atoms with Gasteiger partial charge in [0.15, 0.2) is 11.5 Å². The summed E-state index contributed by atoms with van der Waals surface area (Å²) in [4.78, 5) is 12.4. The fraction of sp³-hybridized carbons (Fsp3) is 0.381. The summed E-state index contributed by atoms with van der Waals surface area (Å²) in [6.45, 7) is 5.19. The molecule has 148 valence electrons. The molecule has 27 heavy (non-hydrogen) atoms. The molecular formula is C21H29ClN2O3. The second-order valence-corrected chi connectivity index (χ2v) is 6.21. The number of ether oxygens (including phenoxy) is 2. The molecule has 6 heteroatoms. The maximum Gasteiger partial charge on any atom is 0.251 e. The van der Waals surface area contributed by atoms with Crippen LogP contribution in [0.25, 0.3) is 0 Å². The first kappa shape index (κ1) is 22.8. The Morgan fingerprint density at radius 3 is 2.44 bits per heavy atom. The zero-order valence-corrected chi connectivity index (χ0v) is 17.0. The Morgan fingerprint density at radius 1 is 1.15 bits per heavy atom. The van der Waals surface area contributed by atoms with Gasteiger partial charge < -0.3 is 20.5 Å². The average Bonchev–Trinajstić information content (AvgIpc) is 2.68. The zero-order chi connectivity index (χ0) is 18.9. The van der Waals surface area contributed by atoms with Crippen LogP contribution in [-0.4, -0.2) is 19.6 Å². The normalized spacial score (nSPS) is 11.3. The molecule has 0 saturated carbocycles. The van der Waals surface area contributed by atoms with Crippen molar-refractivity contribution in [3.8, 4) is 11.5 Å². The van der Waals surface area contributed by atoms with Crippen molar-refractivity contribution in [3.63, 3.8) is 0 Å². The minimum atomic E-state index is -0.157. The molecule has 0 heterocycles. The second kappa shape index (κ2) is 11.5. The summed E-state index contributed by atoms with van der Waals surface area (Å²) in [6, 6.07) is 12.9. The van der Waals surface area contributed by atoms with Gasteiger partial charge in [0.05, 0.1) is 19.8 Å². The fourth-order valence-corrected chi connectivity index (χ4v) is 2.55. The van der Waals surface area contributed by atoms with Crippen molar-refractivity contribution in [3.05, 3.63) is 59.2 Å². The van der Waals surface area contributed by atoms with Gasteiger partial charge in [0.25, 0.3) is 5.91 Å². The predicted molar refractivity (Wildman–Crippen MR) is 111 cm³/mol. The standard InChI is InChI=1S/C21H28N2O3.ClH/c1-4-5-12-26-19-11-10-18(13-20(19)25-3)15(2)23-21(24)17-8-6-16(14-22)7-9-17;/h6-11,13,15H,4-5,12,14,22H2,1-3H3,(H,23,24);1H. The molecule has 1 atom stereocenters. The second-order valence-electron chi connectivity index (χ2n) is 6.21. The van der Waals surface area contributed by atoms with E-state index in [2.05, 4.69) is 12.2 Å². The van der Waals surface area contributed by atoms with Crippen LogP contribution in [-0.2, 0) is 6.54 Å². The monoisotopic (exact) mass is 392 g/mol. The van der Waals surface area contributed by atoms with Crippen molar-refractivity contribution in [2.75, 3.05) is 13.7 Å². The first-order chi connectivity index (χ1) is 12.6. The van der Waals surface area contributed by atoms with Crippen molar-refractivity contribution >= 4 is 18.3 Å². The predicted octanol–water partition coefficient (Wildman–Crippen LogP) is 4.25. The number of benzene rings is 2. The maximum absolute atomic E-state index is 12.4. The topological polar surface area (TPSA) is 73.6 Å². The van der Waals surface area contributed by atoms with Gasteiger partial charge in [-0.1, -0.05) is 31.5 Å². The van der Waals surface area contributed by atoms with Gasteiger partial charge in [0, 0.05) is 12.1 Å². The fourth-order valence-electron chi connectivity index (χ4n) is 2.55. The third kappa shape index (κ3) is 6.45. The van der Waals surface area contributed by atoms with E-state index in [4.69, 9.17) is 15.2 Å². The van der Waals surface area contributed by atoms with Crippen LogP contribution in [0, 0.1) is 0 Å². The van der Waals surface area contributed by atoms with Crippen LogP contribution >= 0.6 is 12.4 Å². The molecule has 0 bridgehead atoms. The van der Waals surface area contributed by atoms with Gasteiger partial charge in [-0.15, -0.1) is 12.4 Å². The molecule has 0 saturated heterocycles. The molecule has 0 aromatic heterocycles. The van der Waals surface area contributed by atoms with Crippen LogP contribution in [0.3, 0.4) is 0 Å². The molecule has 0 spiro atoms. The van der Waals surface area contributed by atoms with Gasteiger partial charge in [0.1, 0.15) is 0 Å². The lowest BCUT2D eigenvalue weighted by Gasteiger charge is -2.17. The van der Waals surface area contributed by atoms with E-state index in [-0.39, 0.29) is 24.4 Å². The Balaban J connectivity index is 0.00000364. The molecule has 2 aromatic carbocycles. The number of methoxy groups -OCH3 is 1. The van der Waals surface area contributed by atoms with Crippen LogP contribution in [0.1, 0.15) is 54.2 Å². The molecule has 0 radical (unpaired) electrons. The molecule has 5 nitrogen and oxygen atoms in total. The number of carbonyl (C=O) groups is 1. The van der Waals surface area contributed by atoms with E-state index in [1.165, 1.54) is 0 Å². The summed E-state index contributed by atoms with van der Waals surface area (Å²) in [5.41, 5.74) is 8.15. The number of halogens is 1. The van der Waals surface area contributed by atoms with Gasteiger partial charge in [-0.3, -0.25) is 4.79 Å². The molecule has 1 unspecified atom stereocenters. The molecule has 0 aliphatic heterocycles. The quantitative estimate of drug-likeness (QED) is 0.626. The van der Waals surface area contributed by atoms with Crippen molar-refractivity contribution in [2.45, 2.75) is 39.3 Å². The third-order valence-electron chi connectivity index (χ3n) is 4.24. The summed E-state index contributed by atoms with van der Waals surface area (Å²) in [7, 11) is 1.62. The van der Waals surface area contributed by atoms with Gasteiger partial charge in [0.2, 0.25) is 0 Å². The van der Waals surface area contributed by atoms with E-state index in [1.54, 1.807) is 19.2 Å².